The predicted molar refractivity (Wildman–Crippen MR) is 65.9 cm³/mol. The fourth-order valence-electron chi connectivity index (χ4n) is 2.06. The molecule has 1 aliphatic heterocycles. The number of thiophene rings is 1. The molecule has 0 bridgehead atoms. The first-order valence-corrected chi connectivity index (χ1v) is 5.64. The number of aryl methyl sites for hydroxylation is 1. The summed E-state index contributed by atoms with van der Waals surface area (Å²) in [5.41, 5.74) is 1.20. The van der Waals surface area contributed by atoms with Gasteiger partial charge in [-0.15, -0.1) is 28.3 Å². The van der Waals surface area contributed by atoms with Gasteiger partial charge in [0.15, 0.2) is 0 Å². The minimum absolute atomic E-state index is 0. The lowest BCUT2D eigenvalue weighted by Gasteiger charge is -2.22. The molecule has 0 aliphatic carbocycles. The van der Waals surface area contributed by atoms with E-state index in [2.05, 4.69) is 12.2 Å². The average Bonchev–Trinajstić information content (AvgIpc) is 2.48. The molecule has 0 unspecified atom stereocenters. The lowest BCUT2D eigenvalue weighted by Crippen LogP contribution is -2.26. The van der Waals surface area contributed by atoms with Crippen molar-refractivity contribution in [1.82, 2.24) is 5.32 Å². The molecule has 14 heavy (non-hydrogen) atoms. The number of halogens is 1. The summed E-state index contributed by atoms with van der Waals surface area (Å²) in [6.07, 6.45) is 2.32. The Hall–Kier alpha value is -0.0600. The molecule has 0 aromatic carbocycles. The van der Waals surface area contributed by atoms with Crippen LogP contribution in [0.3, 0.4) is 0 Å². The van der Waals surface area contributed by atoms with E-state index >= 15 is 0 Å². The molecule has 0 saturated carbocycles. The lowest BCUT2D eigenvalue weighted by molar-refractivity contribution is 0.426. The van der Waals surface area contributed by atoms with Gasteiger partial charge < -0.3 is 10.4 Å². The minimum atomic E-state index is 0. The second-order valence-electron chi connectivity index (χ2n) is 3.62. The third-order valence-electron chi connectivity index (χ3n) is 2.75. The number of nitrogens with one attached hydrogen (secondary N) is 1. The molecule has 0 radical (unpaired) electrons. The maximum Gasteiger partial charge on any atom is 0.129 e. The highest BCUT2D eigenvalue weighted by Crippen LogP contribution is 2.38. The Bertz CT molecular complexity index is 275. The van der Waals surface area contributed by atoms with Crippen LogP contribution < -0.4 is 5.32 Å². The van der Waals surface area contributed by atoms with Gasteiger partial charge in [-0.1, -0.05) is 0 Å². The fourth-order valence-corrected chi connectivity index (χ4v) is 2.87. The van der Waals surface area contributed by atoms with E-state index in [1.807, 2.05) is 5.38 Å². The van der Waals surface area contributed by atoms with Crippen molar-refractivity contribution >= 4 is 28.3 Å². The van der Waals surface area contributed by atoms with Crippen molar-refractivity contribution in [1.29, 1.82) is 0 Å². The zero-order chi connectivity index (χ0) is 9.26. The van der Waals surface area contributed by atoms with E-state index in [-0.39, 0.29) is 17.0 Å². The van der Waals surface area contributed by atoms with Crippen LogP contribution in [0.1, 0.15) is 29.2 Å². The molecule has 2 rings (SSSR count). The molecule has 1 aliphatic rings. The maximum absolute atomic E-state index is 9.67. The Morgan fingerprint density at radius 2 is 2.07 bits per heavy atom. The number of hydrogen-bond acceptors (Lipinski definition) is 3. The van der Waals surface area contributed by atoms with Crippen molar-refractivity contribution < 1.29 is 5.11 Å². The highest BCUT2D eigenvalue weighted by atomic mass is 79.9. The van der Waals surface area contributed by atoms with E-state index in [0.717, 1.165) is 25.9 Å². The van der Waals surface area contributed by atoms with Gasteiger partial charge in [0, 0.05) is 15.8 Å². The molecule has 80 valence electrons. The molecule has 0 atom stereocenters. The quantitative estimate of drug-likeness (QED) is 0.828. The molecular formula is C10H16BrNOS. The highest BCUT2D eigenvalue weighted by Gasteiger charge is 2.21. The van der Waals surface area contributed by atoms with E-state index in [9.17, 15) is 5.11 Å². The summed E-state index contributed by atoms with van der Waals surface area (Å²) in [4.78, 5) is 1.28. The summed E-state index contributed by atoms with van der Waals surface area (Å²) >= 11 is 1.65. The average molecular weight is 278 g/mol. The van der Waals surface area contributed by atoms with Crippen LogP contribution >= 0.6 is 28.3 Å². The molecule has 4 heteroatoms. The predicted octanol–water partition coefficient (Wildman–Crippen LogP) is 2.81. The van der Waals surface area contributed by atoms with Crippen LogP contribution in [0.2, 0.25) is 0 Å². The summed E-state index contributed by atoms with van der Waals surface area (Å²) in [5, 5.41) is 14.9. The molecule has 2 heterocycles. The van der Waals surface area contributed by atoms with Crippen LogP contribution in [0.15, 0.2) is 5.38 Å². The first-order valence-electron chi connectivity index (χ1n) is 4.76. The van der Waals surface area contributed by atoms with Gasteiger partial charge in [0.1, 0.15) is 5.75 Å². The van der Waals surface area contributed by atoms with Crippen LogP contribution in [-0.4, -0.2) is 18.2 Å². The Morgan fingerprint density at radius 3 is 2.57 bits per heavy atom. The Balaban J connectivity index is 0.000000980. The SMILES string of the molecule is Br.Cc1scc(O)c1C1CCNCC1. The van der Waals surface area contributed by atoms with E-state index < -0.39 is 0 Å². The summed E-state index contributed by atoms with van der Waals surface area (Å²) in [7, 11) is 0. The van der Waals surface area contributed by atoms with Crippen molar-refractivity contribution in [2.45, 2.75) is 25.7 Å². The van der Waals surface area contributed by atoms with E-state index in [1.165, 1.54) is 10.4 Å². The molecule has 0 amide bonds. The van der Waals surface area contributed by atoms with Gasteiger partial charge in [0.2, 0.25) is 0 Å². The first-order chi connectivity index (χ1) is 6.29. The monoisotopic (exact) mass is 277 g/mol. The second kappa shape index (κ2) is 5.14. The first kappa shape index (κ1) is 12.0. The zero-order valence-corrected chi connectivity index (χ0v) is 10.8. The third-order valence-corrected chi connectivity index (χ3v) is 3.66. The normalized spacial score (nSPS) is 17.8. The number of hydrogen-bond donors (Lipinski definition) is 2. The summed E-state index contributed by atoms with van der Waals surface area (Å²) in [5.74, 6) is 1.09. The van der Waals surface area contributed by atoms with Gasteiger partial charge in [-0.05, 0) is 38.8 Å². The number of aromatic hydroxyl groups is 1. The Kier molecular flexibility index (Phi) is 4.41. The lowest BCUT2D eigenvalue weighted by atomic mass is 9.90. The van der Waals surface area contributed by atoms with Gasteiger partial charge in [0.25, 0.3) is 0 Å². The van der Waals surface area contributed by atoms with Gasteiger partial charge in [0.05, 0.1) is 0 Å². The summed E-state index contributed by atoms with van der Waals surface area (Å²) in [6, 6.07) is 0. The Morgan fingerprint density at radius 1 is 1.43 bits per heavy atom. The standard InChI is InChI=1S/C10H15NOS.BrH/c1-7-10(9(12)6-13-7)8-2-4-11-5-3-8;/h6,8,11-12H,2-5H2,1H3;1H. The van der Waals surface area contributed by atoms with Gasteiger partial charge in [-0.2, -0.15) is 0 Å². The highest BCUT2D eigenvalue weighted by molar-refractivity contribution is 8.93. The topological polar surface area (TPSA) is 32.3 Å². The smallest absolute Gasteiger partial charge is 0.129 e. The largest absolute Gasteiger partial charge is 0.507 e. The maximum atomic E-state index is 9.67. The van der Waals surface area contributed by atoms with Gasteiger partial charge in [-0.25, -0.2) is 0 Å². The van der Waals surface area contributed by atoms with Crippen LogP contribution in [0.25, 0.3) is 0 Å². The van der Waals surface area contributed by atoms with E-state index in [1.54, 1.807) is 11.3 Å². The Labute approximate surface area is 99.1 Å². The molecular weight excluding hydrogens is 262 g/mol. The zero-order valence-electron chi connectivity index (χ0n) is 8.25. The molecule has 1 aromatic rings. The molecule has 1 saturated heterocycles. The number of piperidine rings is 1. The number of rotatable bonds is 1. The van der Waals surface area contributed by atoms with Crippen molar-refractivity contribution in [3.8, 4) is 5.75 Å². The summed E-state index contributed by atoms with van der Waals surface area (Å²) in [6.45, 7) is 4.26. The van der Waals surface area contributed by atoms with E-state index in [4.69, 9.17) is 0 Å². The molecule has 1 aromatic heterocycles. The van der Waals surface area contributed by atoms with Crippen molar-refractivity contribution in [2.24, 2.45) is 0 Å². The van der Waals surface area contributed by atoms with Crippen molar-refractivity contribution in [3.63, 3.8) is 0 Å². The summed E-state index contributed by atoms with van der Waals surface area (Å²) < 4.78 is 0. The molecule has 1 fully saturated rings. The molecule has 2 N–H and O–H groups in total. The van der Waals surface area contributed by atoms with Crippen LogP contribution in [0.5, 0.6) is 5.75 Å². The van der Waals surface area contributed by atoms with Crippen LogP contribution in [-0.2, 0) is 0 Å². The van der Waals surface area contributed by atoms with Crippen LogP contribution in [0, 0.1) is 6.92 Å². The van der Waals surface area contributed by atoms with Gasteiger partial charge >= 0.3 is 0 Å². The second-order valence-corrected chi connectivity index (χ2v) is 4.70. The minimum Gasteiger partial charge on any atom is -0.507 e. The van der Waals surface area contributed by atoms with Crippen LogP contribution in [0.4, 0.5) is 0 Å². The van der Waals surface area contributed by atoms with E-state index in [0.29, 0.717) is 11.7 Å². The van der Waals surface area contributed by atoms with Crippen molar-refractivity contribution in [2.75, 3.05) is 13.1 Å². The fraction of sp³-hybridized carbons (Fsp3) is 0.600. The molecule has 2 nitrogen and oxygen atoms in total. The van der Waals surface area contributed by atoms with Gasteiger partial charge in [-0.3, -0.25) is 0 Å². The molecule has 0 spiro atoms. The van der Waals surface area contributed by atoms with Crippen molar-refractivity contribution in [3.05, 3.63) is 15.8 Å². The third kappa shape index (κ3) is 2.30.